The fraction of sp³-hybridized carbons (Fsp3) is 0.541. The molecular formula is C37H58N10O7. The quantitative estimate of drug-likeness (QED) is 0.0751. The smallest absolute Gasteiger partial charge is 0.243 e. The molecule has 0 aliphatic carbocycles. The number of carbonyl (C=O) groups excluding carboxylic acids is 5. The first-order valence-electron chi connectivity index (χ1n) is 18.6. The second-order valence-corrected chi connectivity index (χ2v) is 13.6. The molecule has 54 heavy (non-hydrogen) atoms. The maximum atomic E-state index is 14.0. The number of aromatic hydroxyl groups is 2. The summed E-state index contributed by atoms with van der Waals surface area (Å²) in [7, 11) is 0. The first-order valence-corrected chi connectivity index (χ1v) is 18.6. The van der Waals surface area contributed by atoms with E-state index in [9.17, 15) is 34.2 Å². The van der Waals surface area contributed by atoms with E-state index < -0.39 is 47.8 Å². The van der Waals surface area contributed by atoms with Crippen LogP contribution in [0.25, 0.3) is 11.1 Å². The zero-order valence-corrected chi connectivity index (χ0v) is 30.8. The molecule has 17 N–H and O–H groups in total. The predicted octanol–water partition coefficient (Wildman–Crippen LogP) is -1.80. The Hall–Kier alpha value is -4.81. The van der Waals surface area contributed by atoms with Gasteiger partial charge in [0, 0.05) is 44.9 Å². The molecule has 5 amide bonds. The molecular weight excluding hydrogens is 696 g/mol. The van der Waals surface area contributed by atoms with Crippen LogP contribution in [-0.2, 0) is 36.8 Å². The summed E-state index contributed by atoms with van der Waals surface area (Å²) in [6.45, 7) is 1.51. The Balaban J connectivity index is 1.83. The molecule has 0 fully saturated rings. The van der Waals surface area contributed by atoms with Crippen LogP contribution >= 0.6 is 0 Å². The first-order chi connectivity index (χ1) is 25.9. The minimum Gasteiger partial charge on any atom is -0.508 e. The van der Waals surface area contributed by atoms with Crippen LogP contribution in [0, 0.1) is 0 Å². The number of nitrogens with two attached hydrogens (primary N) is 5. The van der Waals surface area contributed by atoms with E-state index in [0.29, 0.717) is 74.0 Å². The van der Waals surface area contributed by atoms with E-state index in [2.05, 4.69) is 26.6 Å². The Morgan fingerprint density at radius 2 is 1.43 bits per heavy atom. The summed E-state index contributed by atoms with van der Waals surface area (Å²) >= 11 is 0. The molecule has 0 spiro atoms. The second kappa shape index (κ2) is 22.4. The van der Waals surface area contributed by atoms with Gasteiger partial charge in [0.05, 0.1) is 6.04 Å². The summed E-state index contributed by atoms with van der Waals surface area (Å²) in [6.07, 6.45) is 2.92. The number of hydrogen-bond donors (Lipinski definition) is 12. The third kappa shape index (κ3) is 13.9. The van der Waals surface area contributed by atoms with Gasteiger partial charge in [-0.2, -0.15) is 0 Å². The highest BCUT2D eigenvalue weighted by Gasteiger charge is 2.31. The lowest BCUT2D eigenvalue weighted by molar-refractivity contribution is -0.134. The van der Waals surface area contributed by atoms with E-state index in [0.717, 1.165) is 0 Å². The third-order valence-corrected chi connectivity index (χ3v) is 9.20. The molecule has 298 valence electrons. The molecule has 17 nitrogen and oxygen atoms in total. The molecule has 1 aliphatic rings. The molecule has 5 atom stereocenters. The molecule has 1 heterocycles. The standard InChI is InChI=1S/C37H58N10O7/c38-12-3-6-28(35(52)44-15-2-1-5-26(41)21-33(50)43-16-14-40)46-37(54)30-20-25-18-23(9-11-32(25)49)22-8-10-31(48)24(17-22)19-27(42)34(51)45-29(7-4-13-39)36(53)47-30/h8-11,17-18,26-30,48-49H,1-7,12-16,19-21,38-42H2,(H,43,50)(H,44,52)(H,45,51)(H,46,54)(H,47,53)/t26-,27-,28-,29-,30-/m0/s1. The average molecular weight is 755 g/mol. The highest BCUT2D eigenvalue weighted by molar-refractivity contribution is 5.95. The van der Waals surface area contributed by atoms with E-state index in [-0.39, 0.29) is 68.6 Å². The number of unbranched alkanes of at least 4 members (excludes halogenated alkanes) is 1. The number of phenols is 2. The van der Waals surface area contributed by atoms with Crippen molar-refractivity contribution in [3.8, 4) is 22.6 Å². The number of rotatable bonds is 18. The third-order valence-electron chi connectivity index (χ3n) is 9.20. The molecule has 0 unspecified atom stereocenters. The van der Waals surface area contributed by atoms with Gasteiger partial charge in [0.1, 0.15) is 29.6 Å². The van der Waals surface area contributed by atoms with Crippen LogP contribution < -0.4 is 55.3 Å². The maximum Gasteiger partial charge on any atom is 0.243 e. The molecule has 2 aromatic rings. The van der Waals surface area contributed by atoms with Gasteiger partial charge >= 0.3 is 0 Å². The summed E-state index contributed by atoms with van der Waals surface area (Å²) in [6, 6.07) is 4.79. The van der Waals surface area contributed by atoms with Gasteiger partial charge < -0.3 is 65.5 Å². The summed E-state index contributed by atoms with van der Waals surface area (Å²) in [5, 5.41) is 35.1. The summed E-state index contributed by atoms with van der Waals surface area (Å²) < 4.78 is 0. The topological polar surface area (TPSA) is 316 Å². The Kier molecular flexibility index (Phi) is 18.1. The van der Waals surface area contributed by atoms with Gasteiger partial charge in [-0.25, -0.2) is 0 Å². The van der Waals surface area contributed by atoms with Crippen molar-refractivity contribution in [3.05, 3.63) is 47.5 Å². The van der Waals surface area contributed by atoms with Gasteiger partial charge in [0.25, 0.3) is 0 Å². The Bertz CT molecular complexity index is 1580. The van der Waals surface area contributed by atoms with Crippen molar-refractivity contribution in [1.29, 1.82) is 0 Å². The van der Waals surface area contributed by atoms with Crippen LogP contribution in [0.3, 0.4) is 0 Å². The van der Waals surface area contributed by atoms with Crippen molar-refractivity contribution < 1.29 is 34.2 Å². The van der Waals surface area contributed by atoms with E-state index in [4.69, 9.17) is 28.7 Å². The van der Waals surface area contributed by atoms with E-state index in [1.807, 2.05) is 0 Å². The largest absolute Gasteiger partial charge is 0.508 e. The number of fused-ring (bicyclic) bond motifs is 5. The number of nitrogens with one attached hydrogen (secondary N) is 5. The van der Waals surface area contributed by atoms with Crippen molar-refractivity contribution in [2.24, 2.45) is 28.7 Å². The molecule has 0 radical (unpaired) electrons. The molecule has 0 saturated heterocycles. The van der Waals surface area contributed by atoms with Crippen LogP contribution in [0.15, 0.2) is 36.4 Å². The van der Waals surface area contributed by atoms with Gasteiger partial charge in [-0.15, -0.1) is 0 Å². The van der Waals surface area contributed by atoms with Crippen molar-refractivity contribution >= 4 is 29.5 Å². The zero-order valence-electron chi connectivity index (χ0n) is 30.8. The lowest BCUT2D eigenvalue weighted by atomic mass is 9.95. The highest BCUT2D eigenvalue weighted by Crippen LogP contribution is 2.31. The molecule has 0 aromatic heterocycles. The van der Waals surface area contributed by atoms with Crippen LogP contribution in [0.5, 0.6) is 11.5 Å². The average Bonchev–Trinajstić information content (AvgIpc) is 3.14. The number of carbonyl (C=O) groups is 5. The van der Waals surface area contributed by atoms with Gasteiger partial charge in [0.2, 0.25) is 29.5 Å². The van der Waals surface area contributed by atoms with Crippen molar-refractivity contribution in [3.63, 3.8) is 0 Å². The minimum absolute atomic E-state index is 0.0269. The van der Waals surface area contributed by atoms with E-state index >= 15 is 0 Å². The van der Waals surface area contributed by atoms with Gasteiger partial charge in [-0.3, -0.25) is 24.0 Å². The molecule has 4 bridgehead atoms. The summed E-state index contributed by atoms with van der Waals surface area (Å²) in [5.74, 6) is -2.82. The predicted molar refractivity (Wildman–Crippen MR) is 204 cm³/mol. The molecule has 17 heteroatoms. The number of hydrogen-bond acceptors (Lipinski definition) is 12. The van der Waals surface area contributed by atoms with Crippen LogP contribution in [-0.4, -0.2) is 103 Å². The van der Waals surface area contributed by atoms with E-state index in [1.54, 1.807) is 24.3 Å². The van der Waals surface area contributed by atoms with Crippen molar-refractivity contribution in [2.75, 3.05) is 32.7 Å². The monoisotopic (exact) mass is 754 g/mol. The molecule has 1 aliphatic heterocycles. The van der Waals surface area contributed by atoms with Gasteiger partial charge in [-0.05, 0) is 98.1 Å². The Morgan fingerprint density at radius 1 is 0.778 bits per heavy atom. The molecule has 2 aromatic carbocycles. The molecule has 0 saturated carbocycles. The Morgan fingerprint density at radius 3 is 2.06 bits per heavy atom. The van der Waals surface area contributed by atoms with Crippen molar-refractivity contribution in [2.45, 2.75) is 94.4 Å². The SMILES string of the molecule is NCCC[C@H](NC(=O)[C@@H]1Cc2cc(ccc2O)-c2ccc(O)c(c2)C[C@H](N)C(=O)N[C@@H](CCCN)C(=O)N1)C(=O)NCCCC[C@H](N)CC(=O)NCCN. The number of benzene rings is 2. The minimum atomic E-state index is -1.29. The van der Waals surface area contributed by atoms with Crippen molar-refractivity contribution in [1.82, 2.24) is 26.6 Å². The molecule has 3 rings (SSSR count). The van der Waals surface area contributed by atoms with Gasteiger partial charge in [0.15, 0.2) is 0 Å². The summed E-state index contributed by atoms with van der Waals surface area (Å²) in [4.78, 5) is 66.2. The van der Waals surface area contributed by atoms with E-state index in [1.165, 1.54) is 12.1 Å². The lowest BCUT2D eigenvalue weighted by Gasteiger charge is -2.26. The van der Waals surface area contributed by atoms with Crippen LogP contribution in [0.2, 0.25) is 0 Å². The lowest BCUT2D eigenvalue weighted by Crippen LogP contribution is -2.58. The van der Waals surface area contributed by atoms with Crippen LogP contribution in [0.1, 0.15) is 62.5 Å². The van der Waals surface area contributed by atoms with Crippen LogP contribution in [0.4, 0.5) is 0 Å². The zero-order chi connectivity index (χ0) is 39.6. The highest BCUT2D eigenvalue weighted by atomic mass is 16.3. The fourth-order valence-corrected chi connectivity index (χ4v) is 6.11. The number of amides is 5. The fourth-order valence-electron chi connectivity index (χ4n) is 6.11. The second-order valence-electron chi connectivity index (χ2n) is 13.6. The maximum absolute atomic E-state index is 14.0. The first kappa shape index (κ1) is 43.6. The normalized spacial score (nSPS) is 18.6. The van der Waals surface area contributed by atoms with Gasteiger partial charge in [-0.1, -0.05) is 18.6 Å². The Labute approximate surface area is 315 Å². The number of phenolic OH excluding ortho intramolecular Hbond substituents is 2. The summed E-state index contributed by atoms with van der Waals surface area (Å²) in [5.41, 5.74) is 31.2.